The Labute approximate surface area is 300 Å². The molecule has 0 amide bonds. The van der Waals surface area contributed by atoms with Gasteiger partial charge in [0, 0.05) is 24.8 Å². The quantitative estimate of drug-likeness (QED) is 0.0542. The van der Waals surface area contributed by atoms with E-state index in [-0.39, 0.29) is 11.9 Å². The molecule has 0 aromatic heterocycles. The van der Waals surface area contributed by atoms with Crippen LogP contribution in [0.4, 0.5) is 0 Å². The van der Waals surface area contributed by atoms with Gasteiger partial charge in [0.15, 0.2) is 5.79 Å². The number of nitrogens with zero attached hydrogens (tertiary/aromatic N) is 1. The van der Waals surface area contributed by atoms with Crippen LogP contribution < -0.4 is 0 Å². The predicted molar refractivity (Wildman–Crippen MR) is 212 cm³/mol. The van der Waals surface area contributed by atoms with Gasteiger partial charge in [0.25, 0.3) is 0 Å². The van der Waals surface area contributed by atoms with E-state index in [9.17, 15) is 0 Å². The molecular weight excluding hydrogens is 587 g/mol. The van der Waals surface area contributed by atoms with E-state index in [1.807, 2.05) is 0 Å². The van der Waals surface area contributed by atoms with Gasteiger partial charge in [-0.1, -0.05) is 146 Å². The van der Waals surface area contributed by atoms with E-state index in [4.69, 9.17) is 9.47 Å². The van der Waals surface area contributed by atoms with Gasteiger partial charge in [-0.25, -0.2) is 0 Å². The maximum Gasteiger partial charge on any atom is 0.169 e. The smallest absolute Gasteiger partial charge is 0.169 e. The summed E-state index contributed by atoms with van der Waals surface area (Å²) in [5, 5.41) is 0. The van der Waals surface area contributed by atoms with Gasteiger partial charge in [-0.05, 0) is 97.6 Å². The van der Waals surface area contributed by atoms with Gasteiger partial charge < -0.3 is 14.4 Å². The van der Waals surface area contributed by atoms with Gasteiger partial charge in [0.2, 0.25) is 0 Å². The molecule has 1 saturated heterocycles. The first-order valence-corrected chi connectivity index (χ1v) is 21.2. The predicted octanol–water partition coefficient (Wildman–Crippen LogP) is 13.8. The van der Waals surface area contributed by atoms with E-state index >= 15 is 0 Å². The lowest BCUT2D eigenvalue weighted by molar-refractivity contribution is -0.196. The number of rotatable bonds is 31. The van der Waals surface area contributed by atoms with Crippen LogP contribution in [0.2, 0.25) is 0 Å². The Bertz CT molecular complexity index is 811. The van der Waals surface area contributed by atoms with Crippen LogP contribution in [0.15, 0.2) is 48.6 Å². The van der Waals surface area contributed by atoms with Crippen LogP contribution in [-0.2, 0) is 9.47 Å². The summed E-state index contributed by atoms with van der Waals surface area (Å²) in [4.78, 5) is 2.43. The Balaban J connectivity index is 1.67. The van der Waals surface area contributed by atoms with E-state index in [1.54, 1.807) is 0 Å². The molecule has 1 aliphatic carbocycles. The maximum absolute atomic E-state index is 7.08. The molecule has 0 aromatic carbocycles. The summed E-state index contributed by atoms with van der Waals surface area (Å²) in [5.74, 6) is 0.276. The molecule has 4 atom stereocenters. The number of hydrogen-bond donors (Lipinski definition) is 0. The number of ether oxygens (including phenoxy) is 2. The molecule has 1 heterocycles. The van der Waals surface area contributed by atoms with Gasteiger partial charge in [-0.3, -0.25) is 0 Å². The van der Waals surface area contributed by atoms with Gasteiger partial charge >= 0.3 is 0 Å². The van der Waals surface area contributed by atoms with Crippen LogP contribution >= 0.6 is 0 Å². The first-order chi connectivity index (χ1) is 23.6. The highest BCUT2D eigenvalue weighted by molar-refractivity contribution is 4.99. The number of hydrogen-bond acceptors (Lipinski definition) is 3. The number of allylic oxidation sites excluding steroid dienone is 8. The highest BCUT2D eigenvalue weighted by atomic mass is 16.8. The van der Waals surface area contributed by atoms with Crippen molar-refractivity contribution >= 4 is 0 Å². The minimum absolute atomic E-state index is 0.289. The van der Waals surface area contributed by atoms with Crippen molar-refractivity contribution in [2.45, 2.75) is 218 Å². The lowest BCUT2D eigenvalue weighted by atomic mass is 9.92. The Morgan fingerprint density at radius 2 is 0.979 bits per heavy atom. The third-order valence-electron chi connectivity index (χ3n) is 10.9. The van der Waals surface area contributed by atoms with Crippen molar-refractivity contribution in [3.05, 3.63) is 48.6 Å². The van der Waals surface area contributed by atoms with Crippen LogP contribution in [0.1, 0.15) is 194 Å². The summed E-state index contributed by atoms with van der Waals surface area (Å²) in [5.41, 5.74) is 0. The summed E-state index contributed by atoms with van der Waals surface area (Å²) < 4.78 is 14.0. The SMILES string of the molecule is CCCC/C=C\C/C=C\CCCCCCCCC1(CCCCCCCC/C=C\C/C=C\CCCC)O[C@H]2CCC([C@H](CC)N(C)C)[C@H]2O1. The van der Waals surface area contributed by atoms with Crippen molar-refractivity contribution in [1.82, 2.24) is 4.90 Å². The minimum atomic E-state index is -0.329. The summed E-state index contributed by atoms with van der Waals surface area (Å²) in [7, 11) is 4.49. The van der Waals surface area contributed by atoms with Crippen molar-refractivity contribution < 1.29 is 9.47 Å². The number of unbranched alkanes of at least 4 members (excludes halogenated alkanes) is 16. The van der Waals surface area contributed by atoms with Crippen LogP contribution in [-0.4, -0.2) is 43.0 Å². The molecule has 0 bridgehead atoms. The summed E-state index contributed by atoms with van der Waals surface area (Å²) in [6, 6.07) is 0.591. The van der Waals surface area contributed by atoms with Crippen molar-refractivity contribution in [3.8, 4) is 0 Å². The minimum Gasteiger partial charge on any atom is -0.344 e. The highest BCUT2D eigenvalue weighted by Crippen LogP contribution is 2.47. The second-order valence-electron chi connectivity index (χ2n) is 15.3. The van der Waals surface area contributed by atoms with Gasteiger partial charge in [0.1, 0.15) is 0 Å². The first kappa shape index (κ1) is 43.0. The summed E-state index contributed by atoms with van der Waals surface area (Å²) in [6.07, 6.45) is 53.4. The molecule has 0 aromatic rings. The van der Waals surface area contributed by atoms with Gasteiger partial charge in [0.05, 0.1) is 12.2 Å². The summed E-state index contributed by atoms with van der Waals surface area (Å²) in [6.45, 7) is 6.86. The van der Waals surface area contributed by atoms with E-state index in [0.717, 1.165) is 25.7 Å². The molecule has 1 unspecified atom stereocenters. The maximum atomic E-state index is 7.08. The third-order valence-corrected chi connectivity index (χ3v) is 10.9. The molecule has 2 rings (SSSR count). The molecule has 48 heavy (non-hydrogen) atoms. The highest BCUT2D eigenvalue weighted by Gasteiger charge is 2.54. The van der Waals surface area contributed by atoms with Crippen LogP contribution in [0.3, 0.4) is 0 Å². The van der Waals surface area contributed by atoms with Crippen molar-refractivity contribution in [2.24, 2.45) is 5.92 Å². The zero-order valence-corrected chi connectivity index (χ0v) is 32.8. The monoisotopic (exact) mass is 668 g/mol. The van der Waals surface area contributed by atoms with E-state index in [2.05, 4.69) is 88.4 Å². The molecular formula is C45H81NO2. The van der Waals surface area contributed by atoms with Crippen LogP contribution in [0.5, 0.6) is 0 Å². The molecule has 0 spiro atoms. The molecule has 0 radical (unpaired) electrons. The largest absolute Gasteiger partial charge is 0.344 e. The first-order valence-electron chi connectivity index (χ1n) is 21.2. The average molecular weight is 668 g/mol. The van der Waals surface area contributed by atoms with Crippen molar-refractivity contribution in [1.29, 1.82) is 0 Å². The van der Waals surface area contributed by atoms with Gasteiger partial charge in [-0.2, -0.15) is 0 Å². The zero-order chi connectivity index (χ0) is 34.5. The fourth-order valence-corrected chi connectivity index (χ4v) is 8.01. The van der Waals surface area contributed by atoms with E-state index in [1.165, 1.54) is 148 Å². The Hall–Kier alpha value is -1.16. The normalized spacial score (nSPS) is 21.7. The fourth-order valence-electron chi connectivity index (χ4n) is 8.01. The lowest BCUT2D eigenvalue weighted by Gasteiger charge is -2.34. The topological polar surface area (TPSA) is 21.7 Å². The second-order valence-corrected chi connectivity index (χ2v) is 15.3. The average Bonchev–Trinajstić information content (AvgIpc) is 3.63. The van der Waals surface area contributed by atoms with Crippen LogP contribution in [0, 0.1) is 5.92 Å². The van der Waals surface area contributed by atoms with Gasteiger partial charge in [-0.15, -0.1) is 0 Å². The molecule has 0 N–H and O–H groups in total. The lowest BCUT2D eigenvalue weighted by Crippen LogP contribution is -2.41. The Morgan fingerprint density at radius 1 is 0.542 bits per heavy atom. The number of fused-ring (bicyclic) bond motifs is 1. The van der Waals surface area contributed by atoms with E-state index in [0.29, 0.717) is 18.1 Å². The molecule has 1 aliphatic heterocycles. The van der Waals surface area contributed by atoms with Crippen LogP contribution in [0.25, 0.3) is 0 Å². The standard InChI is InChI=1S/C45H81NO2/c1-6-9-11-13-15-17-19-21-23-25-27-29-31-33-35-39-45(47-43-38-37-41(44(43)48-45)42(8-3)46(4)5)40-36-34-32-30-28-26-24-22-20-18-16-14-12-10-7-2/h13-16,19-22,41-44H,6-12,17-18,23-40H2,1-5H3/b15-13-,16-14-,21-19-,22-20-/t41?,42-,43-,44+/m0/s1. The molecule has 3 heteroatoms. The molecule has 2 fully saturated rings. The Morgan fingerprint density at radius 3 is 1.42 bits per heavy atom. The second kappa shape index (κ2) is 28.5. The van der Waals surface area contributed by atoms with Crippen molar-refractivity contribution in [3.63, 3.8) is 0 Å². The van der Waals surface area contributed by atoms with E-state index < -0.39 is 0 Å². The molecule has 278 valence electrons. The Kier molecular flexibility index (Phi) is 25.6. The van der Waals surface area contributed by atoms with Crippen molar-refractivity contribution in [2.75, 3.05) is 14.1 Å². The third kappa shape index (κ3) is 18.7. The zero-order valence-electron chi connectivity index (χ0n) is 32.8. The molecule has 2 aliphatic rings. The fraction of sp³-hybridized carbons (Fsp3) is 0.822. The molecule has 1 saturated carbocycles. The summed E-state index contributed by atoms with van der Waals surface area (Å²) >= 11 is 0. The molecule has 3 nitrogen and oxygen atoms in total.